The molecular weight excluding hydrogens is 264 g/mol. The Bertz CT molecular complexity index is 547. The first-order valence-electron chi connectivity index (χ1n) is 5.86. The lowest BCUT2D eigenvalue weighted by atomic mass is 10.1. The summed E-state index contributed by atoms with van der Waals surface area (Å²) in [6.45, 7) is 0.307. The second-order valence-electron chi connectivity index (χ2n) is 4.01. The maximum Gasteiger partial charge on any atom is 0.221 e. The molecule has 0 spiro atoms. The van der Waals surface area contributed by atoms with Crippen molar-refractivity contribution in [1.82, 2.24) is 9.97 Å². The number of rotatable bonds is 5. The molecule has 2 rings (SSSR count). The van der Waals surface area contributed by atoms with Crippen molar-refractivity contribution in [1.29, 1.82) is 0 Å². The van der Waals surface area contributed by atoms with Gasteiger partial charge in [-0.15, -0.1) is 0 Å². The highest BCUT2D eigenvalue weighted by atomic mass is 35.5. The van der Waals surface area contributed by atoms with E-state index >= 15 is 0 Å². The lowest BCUT2D eigenvalue weighted by Gasteiger charge is -2.11. The molecule has 0 unspecified atom stereocenters. The Morgan fingerprint density at radius 3 is 2.47 bits per heavy atom. The predicted molar refractivity (Wildman–Crippen MR) is 73.6 cm³/mol. The van der Waals surface area contributed by atoms with E-state index < -0.39 is 0 Å². The van der Waals surface area contributed by atoms with Crippen molar-refractivity contribution in [2.24, 2.45) is 0 Å². The van der Waals surface area contributed by atoms with E-state index in [4.69, 9.17) is 21.1 Å². The largest absolute Gasteiger partial charge is 0.481 e. The molecule has 2 aromatic rings. The van der Waals surface area contributed by atoms with E-state index in [9.17, 15) is 0 Å². The van der Waals surface area contributed by atoms with Crippen LogP contribution < -0.4 is 4.74 Å². The number of hydrogen-bond donors (Lipinski definition) is 0. The summed E-state index contributed by atoms with van der Waals surface area (Å²) in [6.07, 6.45) is 0.635. The molecule has 0 saturated heterocycles. The molecule has 5 heteroatoms. The molecule has 0 saturated carbocycles. The number of hydrogen-bond acceptors (Lipinski definition) is 4. The summed E-state index contributed by atoms with van der Waals surface area (Å²) in [5, 5.41) is 0.405. The van der Waals surface area contributed by atoms with Crippen molar-refractivity contribution in [3.63, 3.8) is 0 Å². The number of aromatic nitrogens is 2. The number of ether oxygens (including phenoxy) is 2. The zero-order chi connectivity index (χ0) is 13.7. The summed E-state index contributed by atoms with van der Waals surface area (Å²) in [4.78, 5) is 8.51. The molecule has 0 fully saturated rings. The molecule has 0 radical (unpaired) electrons. The van der Waals surface area contributed by atoms with Crippen LogP contribution in [0, 0.1) is 0 Å². The van der Waals surface area contributed by atoms with Crippen LogP contribution in [0.25, 0.3) is 0 Å². The summed E-state index contributed by atoms with van der Waals surface area (Å²) in [6, 6.07) is 9.99. The average Bonchev–Trinajstić information content (AvgIpc) is 2.43. The lowest BCUT2D eigenvalue weighted by Crippen LogP contribution is -2.05. The zero-order valence-electron chi connectivity index (χ0n) is 10.9. The van der Waals surface area contributed by atoms with Crippen LogP contribution in [-0.4, -0.2) is 24.2 Å². The van der Waals surface area contributed by atoms with Gasteiger partial charge in [-0.05, 0) is 5.56 Å². The summed E-state index contributed by atoms with van der Waals surface area (Å²) >= 11 is 6.21. The summed E-state index contributed by atoms with van der Waals surface area (Å²) in [5.74, 6) is 1.01. The van der Waals surface area contributed by atoms with Crippen LogP contribution >= 0.6 is 11.6 Å². The smallest absolute Gasteiger partial charge is 0.221 e. The average molecular weight is 279 g/mol. The molecular formula is C14H15ClN2O2. The summed E-state index contributed by atoms with van der Waals surface area (Å²) < 4.78 is 10.3. The number of halogens is 1. The third-order valence-corrected chi connectivity index (χ3v) is 2.97. The third kappa shape index (κ3) is 3.43. The standard InChI is InChI=1S/C14H15ClN2O2/c1-18-9-12-16-13(15)11(14(17-12)19-2)8-10-6-4-3-5-7-10/h3-7H,8-9H2,1-2H3. The molecule has 0 bridgehead atoms. The van der Waals surface area contributed by atoms with Crippen LogP contribution in [0.2, 0.25) is 5.15 Å². The molecule has 100 valence electrons. The van der Waals surface area contributed by atoms with Gasteiger partial charge in [-0.25, -0.2) is 4.98 Å². The molecule has 0 aliphatic carbocycles. The van der Waals surface area contributed by atoms with Crippen molar-refractivity contribution < 1.29 is 9.47 Å². The lowest BCUT2D eigenvalue weighted by molar-refractivity contribution is 0.176. The van der Waals surface area contributed by atoms with Crippen LogP contribution in [0.5, 0.6) is 5.88 Å². The van der Waals surface area contributed by atoms with E-state index in [0.717, 1.165) is 11.1 Å². The second kappa shape index (κ2) is 6.50. The first-order chi connectivity index (χ1) is 9.24. The Hall–Kier alpha value is -1.65. The second-order valence-corrected chi connectivity index (χ2v) is 4.37. The zero-order valence-corrected chi connectivity index (χ0v) is 11.6. The van der Waals surface area contributed by atoms with E-state index in [2.05, 4.69) is 9.97 Å². The highest BCUT2D eigenvalue weighted by Crippen LogP contribution is 2.26. The van der Waals surface area contributed by atoms with E-state index in [0.29, 0.717) is 29.9 Å². The summed E-state index contributed by atoms with van der Waals surface area (Å²) in [5.41, 5.74) is 1.92. The Balaban J connectivity index is 2.34. The Morgan fingerprint density at radius 2 is 1.84 bits per heavy atom. The third-order valence-electron chi connectivity index (χ3n) is 2.66. The highest BCUT2D eigenvalue weighted by molar-refractivity contribution is 6.30. The van der Waals surface area contributed by atoms with E-state index in [-0.39, 0.29) is 0 Å². The Morgan fingerprint density at radius 1 is 1.11 bits per heavy atom. The molecule has 1 aromatic carbocycles. The van der Waals surface area contributed by atoms with Crippen LogP contribution in [-0.2, 0) is 17.8 Å². The maximum absolute atomic E-state index is 6.21. The summed E-state index contributed by atoms with van der Waals surface area (Å²) in [7, 11) is 3.16. The van der Waals surface area contributed by atoms with Gasteiger partial charge in [0.15, 0.2) is 5.82 Å². The highest BCUT2D eigenvalue weighted by Gasteiger charge is 2.14. The Kier molecular flexibility index (Phi) is 4.71. The van der Waals surface area contributed by atoms with E-state index in [1.807, 2.05) is 30.3 Å². The van der Waals surface area contributed by atoms with Crippen LogP contribution in [0.3, 0.4) is 0 Å². The van der Waals surface area contributed by atoms with Crippen molar-refractivity contribution in [3.05, 3.63) is 52.4 Å². The fourth-order valence-corrected chi connectivity index (χ4v) is 2.03. The SMILES string of the molecule is COCc1nc(Cl)c(Cc2ccccc2)c(OC)n1. The van der Waals surface area contributed by atoms with Gasteiger partial charge < -0.3 is 9.47 Å². The van der Waals surface area contributed by atoms with Crippen molar-refractivity contribution >= 4 is 11.6 Å². The normalized spacial score (nSPS) is 10.5. The van der Waals surface area contributed by atoms with E-state index in [1.54, 1.807) is 14.2 Å². The Labute approximate surface area is 117 Å². The van der Waals surface area contributed by atoms with Crippen molar-refractivity contribution in [3.8, 4) is 5.88 Å². The van der Waals surface area contributed by atoms with Gasteiger partial charge in [0.1, 0.15) is 11.8 Å². The minimum absolute atomic E-state index is 0.307. The molecule has 0 amide bonds. The topological polar surface area (TPSA) is 44.2 Å². The van der Waals surface area contributed by atoms with Gasteiger partial charge in [-0.2, -0.15) is 4.98 Å². The van der Waals surface area contributed by atoms with Crippen LogP contribution in [0.1, 0.15) is 17.0 Å². The monoisotopic (exact) mass is 278 g/mol. The molecule has 0 aliphatic heterocycles. The quantitative estimate of drug-likeness (QED) is 0.789. The van der Waals surface area contributed by atoms with Gasteiger partial charge in [0.25, 0.3) is 0 Å². The van der Waals surface area contributed by atoms with Crippen molar-refractivity contribution in [2.75, 3.05) is 14.2 Å². The fraction of sp³-hybridized carbons (Fsp3) is 0.286. The molecule has 19 heavy (non-hydrogen) atoms. The number of methoxy groups -OCH3 is 2. The number of nitrogens with zero attached hydrogens (tertiary/aromatic N) is 2. The van der Waals surface area contributed by atoms with Gasteiger partial charge in [0, 0.05) is 13.5 Å². The van der Waals surface area contributed by atoms with Gasteiger partial charge >= 0.3 is 0 Å². The molecule has 0 atom stereocenters. The van der Waals surface area contributed by atoms with Crippen LogP contribution in [0.4, 0.5) is 0 Å². The first-order valence-corrected chi connectivity index (χ1v) is 6.24. The van der Waals surface area contributed by atoms with Gasteiger partial charge in [0.05, 0.1) is 12.7 Å². The molecule has 0 N–H and O–H groups in total. The van der Waals surface area contributed by atoms with Crippen LogP contribution in [0.15, 0.2) is 30.3 Å². The molecule has 0 aliphatic rings. The predicted octanol–water partition coefficient (Wildman–Crippen LogP) is 2.88. The minimum atomic E-state index is 0.307. The van der Waals surface area contributed by atoms with Crippen molar-refractivity contribution in [2.45, 2.75) is 13.0 Å². The minimum Gasteiger partial charge on any atom is -0.481 e. The maximum atomic E-state index is 6.21. The first kappa shape index (κ1) is 13.8. The fourth-order valence-electron chi connectivity index (χ4n) is 1.79. The van der Waals surface area contributed by atoms with Gasteiger partial charge in [-0.1, -0.05) is 41.9 Å². The molecule has 1 aromatic heterocycles. The van der Waals surface area contributed by atoms with Gasteiger partial charge in [-0.3, -0.25) is 0 Å². The van der Waals surface area contributed by atoms with E-state index in [1.165, 1.54) is 0 Å². The number of benzene rings is 1. The molecule has 4 nitrogen and oxygen atoms in total. The van der Waals surface area contributed by atoms with Gasteiger partial charge in [0.2, 0.25) is 5.88 Å². The molecule has 1 heterocycles.